The number of methoxy groups -OCH3 is 3. The Balaban J connectivity index is 1.76. The fourth-order valence-corrected chi connectivity index (χ4v) is 2.81. The summed E-state index contributed by atoms with van der Waals surface area (Å²) in [5, 5.41) is 9.39. The number of urea groups is 1. The molecule has 3 rings (SSSR count). The van der Waals surface area contributed by atoms with Gasteiger partial charge in [0.2, 0.25) is 11.6 Å². The van der Waals surface area contributed by atoms with Crippen LogP contribution in [0.15, 0.2) is 40.9 Å². The lowest BCUT2D eigenvalue weighted by Gasteiger charge is -2.15. The lowest BCUT2D eigenvalue weighted by Crippen LogP contribution is -2.20. The number of hydrogen-bond donors (Lipinski definition) is 2. The van der Waals surface area contributed by atoms with Gasteiger partial charge in [-0.15, -0.1) is 0 Å². The number of para-hydroxylation sites is 1. The molecule has 0 bridgehead atoms. The van der Waals surface area contributed by atoms with Crippen molar-refractivity contribution >= 4 is 17.4 Å². The van der Waals surface area contributed by atoms with Gasteiger partial charge in [0, 0.05) is 17.8 Å². The fourth-order valence-electron chi connectivity index (χ4n) is 2.81. The van der Waals surface area contributed by atoms with Crippen molar-refractivity contribution in [2.45, 2.75) is 13.3 Å². The van der Waals surface area contributed by atoms with E-state index in [-0.39, 0.29) is 0 Å². The summed E-state index contributed by atoms with van der Waals surface area (Å²) in [5.41, 5.74) is 1.96. The Morgan fingerprint density at radius 2 is 1.72 bits per heavy atom. The van der Waals surface area contributed by atoms with Crippen molar-refractivity contribution in [3.8, 4) is 17.2 Å². The minimum absolute atomic E-state index is 0.404. The summed E-state index contributed by atoms with van der Waals surface area (Å²) >= 11 is 0. The van der Waals surface area contributed by atoms with Crippen LogP contribution in [0.4, 0.5) is 16.2 Å². The van der Waals surface area contributed by atoms with Crippen molar-refractivity contribution in [1.82, 2.24) is 10.1 Å². The quantitative estimate of drug-likeness (QED) is 0.625. The van der Waals surface area contributed by atoms with E-state index in [1.807, 2.05) is 18.2 Å². The van der Waals surface area contributed by atoms with Crippen LogP contribution in [0.1, 0.15) is 17.3 Å². The summed E-state index contributed by atoms with van der Waals surface area (Å²) in [5.74, 6) is 2.36. The second-order valence-electron chi connectivity index (χ2n) is 6.06. The molecule has 152 valence electrons. The van der Waals surface area contributed by atoms with Crippen LogP contribution in [-0.2, 0) is 6.42 Å². The van der Waals surface area contributed by atoms with Crippen LogP contribution in [0.3, 0.4) is 0 Å². The van der Waals surface area contributed by atoms with E-state index in [0.717, 1.165) is 5.56 Å². The van der Waals surface area contributed by atoms with E-state index in [2.05, 4.69) is 20.8 Å². The highest BCUT2D eigenvalue weighted by Gasteiger charge is 2.15. The summed E-state index contributed by atoms with van der Waals surface area (Å²) in [6.45, 7) is 1.75. The molecule has 0 unspecified atom stereocenters. The van der Waals surface area contributed by atoms with Crippen molar-refractivity contribution in [2.75, 3.05) is 32.0 Å². The second-order valence-corrected chi connectivity index (χ2v) is 6.06. The predicted octanol–water partition coefficient (Wildman–Crippen LogP) is 3.64. The number of carbonyl (C=O) groups is 1. The highest BCUT2D eigenvalue weighted by molar-refractivity contribution is 6.00. The molecule has 3 aromatic rings. The van der Waals surface area contributed by atoms with E-state index in [9.17, 15) is 4.79 Å². The first-order chi connectivity index (χ1) is 14.0. The third-order valence-electron chi connectivity index (χ3n) is 4.10. The number of nitrogens with zero attached hydrogens (tertiary/aromatic N) is 2. The van der Waals surface area contributed by atoms with Gasteiger partial charge in [-0.3, -0.25) is 0 Å². The highest BCUT2D eigenvalue weighted by Crippen LogP contribution is 2.39. The molecule has 1 heterocycles. The van der Waals surface area contributed by atoms with Gasteiger partial charge in [0.25, 0.3) is 0 Å². The van der Waals surface area contributed by atoms with Gasteiger partial charge in [0.05, 0.1) is 33.4 Å². The molecular weight excluding hydrogens is 376 g/mol. The van der Waals surface area contributed by atoms with Gasteiger partial charge < -0.3 is 29.4 Å². The van der Waals surface area contributed by atoms with Crippen LogP contribution in [0, 0.1) is 6.92 Å². The fraction of sp³-hybridized carbons (Fsp3) is 0.250. The number of carbonyl (C=O) groups excluding carboxylic acids is 1. The first-order valence-corrected chi connectivity index (χ1v) is 8.79. The molecule has 0 fully saturated rings. The smallest absolute Gasteiger partial charge is 0.323 e. The Labute approximate surface area is 168 Å². The maximum Gasteiger partial charge on any atom is 0.323 e. The third-order valence-corrected chi connectivity index (χ3v) is 4.10. The van der Waals surface area contributed by atoms with Crippen molar-refractivity contribution in [2.24, 2.45) is 0 Å². The number of aryl methyl sites for hydroxylation is 1. The van der Waals surface area contributed by atoms with Crippen LogP contribution in [0.5, 0.6) is 17.2 Å². The molecular formula is C20H22N4O5. The van der Waals surface area contributed by atoms with Gasteiger partial charge in [0.15, 0.2) is 17.3 Å². The standard InChI is InChI=1S/C20H22N4O5/c1-12-21-18(29-24-12)9-13-7-5-6-8-15(13)23-20(25)22-14-10-16(26-2)19(28-4)17(11-14)27-3/h5-8,10-11H,9H2,1-4H3,(H2,22,23,25). The number of anilines is 2. The molecule has 2 N–H and O–H groups in total. The molecule has 0 aliphatic rings. The van der Waals surface area contributed by atoms with Crippen molar-refractivity contribution in [3.63, 3.8) is 0 Å². The van der Waals surface area contributed by atoms with E-state index in [4.69, 9.17) is 18.7 Å². The van der Waals surface area contributed by atoms with Crippen LogP contribution in [-0.4, -0.2) is 37.5 Å². The molecule has 9 heteroatoms. The SMILES string of the molecule is COc1cc(NC(=O)Nc2ccccc2Cc2nc(C)no2)cc(OC)c1OC. The summed E-state index contributed by atoms with van der Waals surface area (Å²) in [4.78, 5) is 16.8. The van der Waals surface area contributed by atoms with Gasteiger partial charge in [-0.05, 0) is 18.6 Å². The topological polar surface area (TPSA) is 108 Å². The number of hydrogen-bond acceptors (Lipinski definition) is 7. The van der Waals surface area contributed by atoms with Crippen LogP contribution in [0.25, 0.3) is 0 Å². The molecule has 1 aromatic heterocycles. The zero-order valence-electron chi connectivity index (χ0n) is 16.6. The van der Waals surface area contributed by atoms with Gasteiger partial charge >= 0.3 is 6.03 Å². The molecule has 0 aliphatic carbocycles. The Morgan fingerprint density at radius 1 is 1.03 bits per heavy atom. The lowest BCUT2D eigenvalue weighted by molar-refractivity contribution is 0.262. The van der Waals surface area contributed by atoms with Crippen LogP contribution < -0.4 is 24.8 Å². The van der Waals surface area contributed by atoms with E-state index in [1.54, 1.807) is 25.1 Å². The van der Waals surface area contributed by atoms with E-state index >= 15 is 0 Å². The number of ether oxygens (including phenoxy) is 3. The first kappa shape index (κ1) is 20.0. The Morgan fingerprint density at radius 3 is 2.31 bits per heavy atom. The maximum absolute atomic E-state index is 12.6. The summed E-state index contributed by atoms with van der Waals surface area (Å²) < 4.78 is 21.1. The number of aromatic nitrogens is 2. The van der Waals surface area contributed by atoms with Crippen LogP contribution >= 0.6 is 0 Å². The van der Waals surface area contributed by atoms with E-state index in [1.165, 1.54) is 21.3 Å². The first-order valence-electron chi connectivity index (χ1n) is 8.79. The molecule has 2 amide bonds. The largest absolute Gasteiger partial charge is 0.493 e. The molecule has 0 spiro atoms. The Kier molecular flexibility index (Phi) is 6.18. The average Bonchev–Trinajstić information content (AvgIpc) is 3.13. The molecule has 0 radical (unpaired) electrons. The van der Waals surface area contributed by atoms with Crippen molar-refractivity contribution in [3.05, 3.63) is 53.7 Å². The molecule has 29 heavy (non-hydrogen) atoms. The number of rotatable bonds is 7. The van der Waals surface area contributed by atoms with E-state index < -0.39 is 6.03 Å². The molecule has 0 aliphatic heterocycles. The minimum atomic E-state index is -0.423. The van der Waals surface area contributed by atoms with Crippen molar-refractivity contribution < 1.29 is 23.5 Å². The van der Waals surface area contributed by atoms with Gasteiger partial charge in [-0.25, -0.2) is 4.79 Å². The van der Waals surface area contributed by atoms with Gasteiger partial charge in [-0.2, -0.15) is 4.98 Å². The lowest BCUT2D eigenvalue weighted by atomic mass is 10.1. The Bertz CT molecular complexity index is 977. The number of amides is 2. The zero-order valence-corrected chi connectivity index (χ0v) is 16.6. The summed E-state index contributed by atoms with van der Waals surface area (Å²) in [7, 11) is 4.54. The number of nitrogens with one attached hydrogen (secondary N) is 2. The monoisotopic (exact) mass is 398 g/mol. The van der Waals surface area contributed by atoms with Gasteiger partial charge in [0.1, 0.15) is 0 Å². The van der Waals surface area contributed by atoms with Crippen molar-refractivity contribution in [1.29, 1.82) is 0 Å². The third kappa shape index (κ3) is 4.75. The molecule has 0 saturated carbocycles. The molecule has 0 saturated heterocycles. The average molecular weight is 398 g/mol. The van der Waals surface area contributed by atoms with Crippen LogP contribution in [0.2, 0.25) is 0 Å². The maximum atomic E-state index is 12.6. The second kappa shape index (κ2) is 8.96. The molecule has 9 nitrogen and oxygen atoms in total. The highest BCUT2D eigenvalue weighted by atomic mass is 16.5. The molecule has 0 atom stereocenters. The summed E-state index contributed by atoms with van der Waals surface area (Å²) in [6.07, 6.45) is 0.404. The molecule has 2 aromatic carbocycles. The van der Waals surface area contributed by atoms with Gasteiger partial charge in [-0.1, -0.05) is 23.4 Å². The zero-order chi connectivity index (χ0) is 20.8. The Hall–Kier alpha value is -3.75. The normalized spacial score (nSPS) is 10.3. The van der Waals surface area contributed by atoms with E-state index in [0.29, 0.717) is 46.8 Å². The minimum Gasteiger partial charge on any atom is -0.493 e. The predicted molar refractivity (Wildman–Crippen MR) is 107 cm³/mol. The summed E-state index contributed by atoms with van der Waals surface area (Å²) in [6, 6.07) is 10.3. The number of benzene rings is 2.